The van der Waals surface area contributed by atoms with Gasteiger partial charge in [-0.25, -0.2) is 17.6 Å². The van der Waals surface area contributed by atoms with Crippen molar-refractivity contribution in [3.63, 3.8) is 0 Å². The zero-order chi connectivity index (χ0) is 14.7. The minimum atomic E-state index is -1.12. The van der Waals surface area contributed by atoms with Gasteiger partial charge in [-0.2, -0.15) is 0 Å². The lowest BCUT2D eigenvalue weighted by Crippen LogP contribution is -2.04. The monoisotopic (exact) mass is 300 g/mol. The molecule has 0 N–H and O–H groups in total. The third-order valence-electron chi connectivity index (χ3n) is 2.49. The maximum atomic E-state index is 13.3. The molecule has 2 rings (SSSR count). The number of benzene rings is 2. The van der Waals surface area contributed by atoms with E-state index in [4.69, 9.17) is 0 Å². The highest BCUT2D eigenvalue weighted by molar-refractivity contribution is 8.00. The molecule has 0 saturated heterocycles. The fraction of sp³-hybridized carbons (Fsp3) is 0.0714. The molecule has 104 valence electrons. The van der Waals surface area contributed by atoms with Crippen LogP contribution in [0, 0.1) is 23.3 Å². The largest absolute Gasteiger partial charge is 0.293 e. The second-order valence-electron chi connectivity index (χ2n) is 3.92. The SMILES string of the molecule is O=C(CSc1ccc(F)cc1F)c1ccc(F)c(F)c1. The van der Waals surface area contributed by atoms with Gasteiger partial charge in [-0.3, -0.25) is 4.79 Å². The molecule has 0 radical (unpaired) electrons. The third kappa shape index (κ3) is 3.39. The van der Waals surface area contributed by atoms with Crippen LogP contribution in [0.2, 0.25) is 0 Å². The molecule has 0 saturated carbocycles. The van der Waals surface area contributed by atoms with Gasteiger partial charge < -0.3 is 0 Å². The topological polar surface area (TPSA) is 17.1 Å². The van der Waals surface area contributed by atoms with Crippen LogP contribution in [-0.2, 0) is 0 Å². The van der Waals surface area contributed by atoms with Crippen LogP contribution in [0.5, 0.6) is 0 Å². The summed E-state index contributed by atoms with van der Waals surface area (Å²) >= 11 is 0.861. The first kappa shape index (κ1) is 14.6. The molecule has 1 nitrogen and oxygen atoms in total. The number of Topliss-reactive ketones (excluding diaryl/α,β-unsaturated/α-hetero) is 1. The van der Waals surface area contributed by atoms with Gasteiger partial charge in [-0.1, -0.05) is 0 Å². The van der Waals surface area contributed by atoms with E-state index in [1.807, 2.05) is 0 Å². The Kier molecular flexibility index (Phi) is 4.44. The lowest BCUT2D eigenvalue weighted by Gasteiger charge is -2.04. The summed E-state index contributed by atoms with van der Waals surface area (Å²) in [6, 6.07) is 5.80. The Morgan fingerprint density at radius 3 is 2.30 bits per heavy atom. The molecular formula is C14H8F4OS. The molecule has 0 fully saturated rings. The summed E-state index contributed by atoms with van der Waals surface area (Å²) in [6.45, 7) is 0. The van der Waals surface area contributed by atoms with E-state index in [-0.39, 0.29) is 16.2 Å². The molecule has 0 aliphatic rings. The lowest BCUT2D eigenvalue weighted by molar-refractivity contribution is 0.102. The zero-order valence-electron chi connectivity index (χ0n) is 10.00. The van der Waals surface area contributed by atoms with Gasteiger partial charge in [0.25, 0.3) is 0 Å². The van der Waals surface area contributed by atoms with Crippen molar-refractivity contribution < 1.29 is 22.4 Å². The van der Waals surface area contributed by atoms with Gasteiger partial charge in [-0.05, 0) is 30.3 Å². The van der Waals surface area contributed by atoms with Crippen LogP contribution >= 0.6 is 11.8 Å². The molecule has 0 amide bonds. The average molecular weight is 300 g/mol. The summed E-state index contributed by atoms with van der Waals surface area (Å²) < 4.78 is 51.7. The first-order valence-electron chi connectivity index (χ1n) is 5.53. The number of rotatable bonds is 4. The van der Waals surface area contributed by atoms with Crippen molar-refractivity contribution >= 4 is 17.5 Å². The van der Waals surface area contributed by atoms with Gasteiger partial charge >= 0.3 is 0 Å². The Labute approximate surface area is 116 Å². The van der Waals surface area contributed by atoms with Gasteiger partial charge in [0.1, 0.15) is 11.6 Å². The van der Waals surface area contributed by atoms with Gasteiger partial charge in [0, 0.05) is 16.5 Å². The molecule has 2 aromatic carbocycles. The second-order valence-corrected chi connectivity index (χ2v) is 4.93. The fourth-order valence-corrected chi connectivity index (χ4v) is 2.30. The van der Waals surface area contributed by atoms with Crippen LogP contribution in [0.3, 0.4) is 0 Å². The van der Waals surface area contributed by atoms with Crippen molar-refractivity contribution in [3.05, 3.63) is 65.2 Å². The maximum absolute atomic E-state index is 13.3. The first-order valence-corrected chi connectivity index (χ1v) is 6.52. The smallest absolute Gasteiger partial charge is 0.173 e. The summed E-state index contributed by atoms with van der Waals surface area (Å²) in [5.41, 5.74) is -0.00100. The standard InChI is InChI=1S/C14H8F4OS/c15-9-2-4-14(12(18)6-9)20-7-13(19)8-1-3-10(16)11(17)5-8/h1-6H,7H2. The van der Waals surface area contributed by atoms with Crippen LogP contribution in [0.15, 0.2) is 41.3 Å². The number of hydrogen-bond acceptors (Lipinski definition) is 2. The van der Waals surface area contributed by atoms with Crippen LogP contribution < -0.4 is 0 Å². The Hall–Kier alpha value is -1.82. The van der Waals surface area contributed by atoms with Crippen molar-refractivity contribution in [2.24, 2.45) is 0 Å². The number of hydrogen-bond donors (Lipinski definition) is 0. The summed E-state index contributed by atoms with van der Waals surface area (Å²) in [5, 5.41) is 0. The van der Waals surface area contributed by atoms with Crippen LogP contribution in [-0.4, -0.2) is 11.5 Å². The second kappa shape index (κ2) is 6.09. The highest BCUT2D eigenvalue weighted by Crippen LogP contribution is 2.23. The van der Waals surface area contributed by atoms with Crippen molar-refractivity contribution in [1.82, 2.24) is 0 Å². The predicted octanol–water partition coefficient (Wildman–Crippen LogP) is 4.22. The van der Waals surface area contributed by atoms with Crippen LogP contribution in [0.25, 0.3) is 0 Å². The van der Waals surface area contributed by atoms with E-state index in [0.29, 0.717) is 6.07 Å². The summed E-state index contributed by atoms with van der Waals surface area (Å²) in [6.07, 6.45) is 0. The minimum absolute atomic E-state index is 0.00100. The van der Waals surface area contributed by atoms with Crippen molar-refractivity contribution in [2.75, 3.05) is 5.75 Å². The average Bonchev–Trinajstić information content (AvgIpc) is 2.40. The molecule has 6 heteroatoms. The lowest BCUT2D eigenvalue weighted by atomic mass is 10.1. The van der Waals surface area contributed by atoms with Crippen LogP contribution in [0.4, 0.5) is 17.6 Å². The molecule has 0 heterocycles. The van der Waals surface area contributed by atoms with E-state index in [9.17, 15) is 22.4 Å². The first-order chi connectivity index (χ1) is 9.47. The number of halogens is 4. The molecule has 0 atom stereocenters. The molecule has 0 aliphatic heterocycles. The molecule has 2 aromatic rings. The Morgan fingerprint density at radius 2 is 1.65 bits per heavy atom. The summed E-state index contributed by atoms with van der Waals surface area (Å²) in [7, 11) is 0. The van der Waals surface area contributed by atoms with Crippen molar-refractivity contribution in [2.45, 2.75) is 4.90 Å². The number of ketones is 1. The van der Waals surface area contributed by atoms with E-state index in [0.717, 1.165) is 36.0 Å². The van der Waals surface area contributed by atoms with Gasteiger partial charge in [0.2, 0.25) is 0 Å². The van der Waals surface area contributed by atoms with E-state index in [1.54, 1.807) is 0 Å². The number of carbonyl (C=O) groups is 1. The summed E-state index contributed by atoms with van der Waals surface area (Å²) in [5.74, 6) is -4.27. The molecule has 20 heavy (non-hydrogen) atoms. The van der Waals surface area contributed by atoms with Crippen LogP contribution in [0.1, 0.15) is 10.4 Å². The maximum Gasteiger partial charge on any atom is 0.173 e. The molecule has 0 aliphatic carbocycles. The van der Waals surface area contributed by atoms with Gasteiger partial charge in [0.15, 0.2) is 17.4 Å². The molecule has 0 unspecified atom stereocenters. The highest BCUT2D eigenvalue weighted by atomic mass is 32.2. The van der Waals surface area contributed by atoms with E-state index < -0.39 is 29.1 Å². The van der Waals surface area contributed by atoms with E-state index >= 15 is 0 Å². The molecular weight excluding hydrogens is 292 g/mol. The Balaban J connectivity index is 2.06. The normalized spacial score (nSPS) is 10.6. The Morgan fingerprint density at radius 1 is 0.900 bits per heavy atom. The number of thioether (sulfide) groups is 1. The highest BCUT2D eigenvalue weighted by Gasteiger charge is 2.12. The quantitative estimate of drug-likeness (QED) is 0.478. The fourth-order valence-electron chi connectivity index (χ4n) is 1.49. The molecule has 0 bridgehead atoms. The summed E-state index contributed by atoms with van der Waals surface area (Å²) in [4.78, 5) is 11.9. The zero-order valence-corrected chi connectivity index (χ0v) is 10.8. The predicted molar refractivity (Wildman–Crippen MR) is 67.8 cm³/mol. The van der Waals surface area contributed by atoms with E-state index in [2.05, 4.69) is 0 Å². The number of carbonyl (C=O) groups excluding carboxylic acids is 1. The van der Waals surface area contributed by atoms with Gasteiger partial charge in [0.05, 0.1) is 5.75 Å². The van der Waals surface area contributed by atoms with Gasteiger partial charge in [-0.15, -0.1) is 11.8 Å². The van der Waals surface area contributed by atoms with E-state index in [1.165, 1.54) is 6.07 Å². The molecule has 0 spiro atoms. The minimum Gasteiger partial charge on any atom is -0.293 e. The van der Waals surface area contributed by atoms with Crippen molar-refractivity contribution in [1.29, 1.82) is 0 Å². The van der Waals surface area contributed by atoms with Crippen molar-refractivity contribution in [3.8, 4) is 0 Å². The third-order valence-corrected chi connectivity index (χ3v) is 3.54. The Bertz CT molecular complexity index is 658. The molecule has 0 aromatic heterocycles.